The molecule has 0 atom stereocenters. The van der Waals surface area contributed by atoms with E-state index >= 15 is 0 Å². The van der Waals surface area contributed by atoms with Gasteiger partial charge in [0.15, 0.2) is 9.84 Å². The van der Waals surface area contributed by atoms with Gasteiger partial charge in [-0.1, -0.05) is 24.3 Å². The molecule has 0 aliphatic rings. The summed E-state index contributed by atoms with van der Waals surface area (Å²) >= 11 is 0. The third kappa shape index (κ3) is 3.24. The molecule has 0 radical (unpaired) electrons. The van der Waals surface area contributed by atoms with Crippen LogP contribution < -0.4 is 0 Å². The average molecular weight is 312 g/mol. The van der Waals surface area contributed by atoms with Crippen molar-refractivity contribution >= 4 is 20.0 Å². The molecule has 0 heterocycles. The highest BCUT2D eigenvalue weighted by Gasteiger charge is 2.11. The largest absolute Gasteiger partial charge is 0.294 e. The minimum atomic E-state index is -4.26. The van der Waals surface area contributed by atoms with Crippen LogP contribution in [0.4, 0.5) is 0 Å². The summed E-state index contributed by atoms with van der Waals surface area (Å²) in [6, 6.07) is 11.8. The van der Waals surface area contributed by atoms with Gasteiger partial charge in [-0.05, 0) is 35.4 Å². The van der Waals surface area contributed by atoms with Crippen LogP contribution in [0.25, 0.3) is 11.1 Å². The molecule has 0 spiro atoms. The van der Waals surface area contributed by atoms with Crippen molar-refractivity contribution in [1.29, 1.82) is 0 Å². The molecular formula is C13H12O5S2. The maximum atomic E-state index is 11.4. The van der Waals surface area contributed by atoms with Crippen molar-refractivity contribution in [1.82, 2.24) is 0 Å². The van der Waals surface area contributed by atoms with Gasteiger partial charge in [0, 0.05) is 6.26 Å². The van der Waals surface area contributed by atoms with Crippen molar-refractivity contribution in [2.75, 3.05) is 6.26 Å². The van der Waals surface area contributed by atoms with Crippen LogP contribution >= 0.6 is 0 Å². The van der Waals surface area contributed by atoms with E-state index in [4.69, 9.17) is 4.55 Å². The number of benzene rings is 2. The summed E-state index contributed by atoms with van der Waals surface area (Å²) in [5.74, 6) is 0. The van der Waals surface area contributed by atoms with E-state index in [0.717, 1.165) is 6.26 Å². The lowest BCUT2D eigenvalue weighted by molar-refractivity contribution is 0.483. The summed E-state index contributed by atoms with van der Waals surface area (Å²) in [6.45, 7) is 0. The van der Waals surface area contributed by atoms with Gasteiger partial charge >= 0.3 is 0 Å². The summed E-state index contributed by atoms with van der Waals surface area (Å²) < 4.78 is 53.9. The van der Waals surface area contributed by atoms with Crippen molar-refractivity contribution in [2.24, 2.45) is 0 Å². The van der Waals surface area contributed by atoms with E-state index in [-0.39, 0.29) is 9.79 Å². The summed E-state index contributed by atoms with van der Waals surface area (Å²) in [5, 5.41) is 0. The van der Waals surface area contributed by atoms with E-state index in [9.17, 15) is 16.8 Å². The lowest BCUT2D eigenvalue weighted by Gasteiger charge is -2.05. The molecule has 0 unspecified atom stereocenters. The minimum Gasteiger partial charge on any atom is -0.282 e. The first-order valence-electron chi connectivity index (χ1n) is 5.56. The Hall–Kier alpha value is -1.70. The predicted octanol–water partition coefficient (Wildman–Crippen LogP) is 2.00. The first kappa shape index (κ1) is 14.7. The number of hydrogen-bond acceptors (Lipinski definition) is 4. The molecule has 0 fully saturated rings. The van der Waals surface area contributed by atoms with Gasteiger partial charge in [-0.3, -0.25) is 4.55 Å². The molecule has 0 bridgehead atoms. The Bertz CT molecular complexity index is 835. The van der Waals surface area contributed by atoms with Gasteiger partial charge in [-0.2, -0.15) is 8.42 Å². The SMILES string of the molecule is CS(=O)(=O)c1ccc(-c2cccc(S(=O)(=O)O)c2)cc1. The quantitative estimate of drug-likeness (QED) is 0.876. The van der Waals surface area contributed by atoms with Crippen LogP contribution in [0, 0.1) is 0 Å². The second kappa shape index (κ2) is 5.01. The third-order valence-electron chi connectivity index (χ3n) is 2.75. The highest BCUT2D eigenvalue weighted by molar-refractivity contribution is 7.90. The molecule has 0 amide bonds. The van der Waals surface area contributed by atoms with Crippen LogP contribution in [0.3, 0.4) is 0 Å². The molecule has 1 N–H and O–H groups in total. The van der Waals surface area contributed by atoms with Crippen LogP contribution in [0.15, 0.2) is 58.3 Å². The summed E-state index contributed by atoms with van der Waals surface area (Å²) in [5.41, 5.74) is 1.23. The zero-order valence-electron chi connectivity index (χ0n) is 10.5. The highest BCUT2D eigenvalue weighted by Crippen LogP contribution is 2.23. The molecule has 20 heavy (non-hydrogen) atoms. The highest BCUT2D eigenvalue weighted by atomic mass is 32.2. The molecule has 2 rings (SSSR count). The predicted molar refractivity (Wildman–Crippen MR) is 74.8 cm³/mol. The molecule has 2 aromatic carbocycles. The van der Waals surface area contributed by atoms with Gasteiger partial charge in [0.05, 0.1) is 9.79 Å². The van der Waals surface area contributed by atoms with Crippen LogP contribution in [-0.2, 0) is 20.0 Å². The van der Waals surface area contributed by atoms with Gasteiger partial charge in [0.25, 0.3) is 10.1 Å². The van der Waals surface area contributed by atoms with Gasteiger partial charge in [0.2, 0.25) is 0 Å². The normalized spacial score (nSPS) is 12.3. The summed E-state index contributed by atoms with van der Waals surface area (Å²) in [6.07, 6.45) is 1.11. The lowest BCUT2D eigenvalue weighted by atomic mass is 10.1. The van der Waals surface area contributed by atoms with E-state index in [0.29, 0.717) is 11.1 Å². The standard InChI is InChI=1S/C13H12O5S2/c1-19(14,15)12-7-5-10(6-8-12)11-3-2-4-13(9-11)20(16,17)18/h2-9H,1H3,(H,16,17,18). The van der Waals surface area contributed by atoms with Gasteiger partial charge in [0.1, 0.15) is 0 Å². The van der Waals surface area contributed by atoms with Crippen molar-refractivity contribution in [3.8, 4) is 11.1 Å². The van der Waals surface area contributed by atoms with Crippen molar-refractivity contribution in [3.05, 3.63) is 48.5 Å². The van der Waals surface area contributed by atoms with Crippen molar-refractivity contribution < 1.29 is 21.4 Å². The zero-order chi connectivity index (χ0) is 15.0. The minimum absolute atomic E-state index is 0.187. The van der Waals surface area contributed by atoms with E-state index in [1.807, 2.05) is 0 Å². The van der Waals surface area contributed by atoms with E-state index < -0.39 is 20.0 Å². The Balaban J connectivity index is 2.48. The zero-order valence-corrected chi connectivity index (χ0v) is 12.1. The maximum Gasteiger partial charge on any atom is 0.294 e. The molecule has 0 saturated heterocycles. The summed E-state index contributed by atoms with van der Waals surface area (Å²) in [4.78, 5) is -0.0191. The van der Waals surface area contributed by atoms with E-state index in [1.54, 1.807) is 18.2 Å². The van der Waals surface area contributed by atoms with Gasteiger partial charge in [-0.15, -0.1) is 0 Å². The summed E-state index contributed by atoms with van der Waals surface area (Å²) in [7, 11) is -7.53. The Morgan fingerprint density at radius 3 is 1.90 bits per heavy atom. The fraction of sp³-hybridized carbons (Fsp3) is 0.0769. The molecule has 5 nitrogen and oxygen atoms in total. The second-order valence-electron chi connectivity index (χ2n) is 4.30. The van der Waals surface area contributed by atoms with Crippen LogP contribution in [0.2, 0.25) is 0 Å². The first-order chi connectivity index (χ1) is 9.18. The Morgan fingerprint density at radius 1 is 0.800 bits per heavy atom. The smallest absolute Gasteiger partial charge is 0.282 e. The maximum absolute atomic E-state index is 11.4. The molecule has 7 heteroatoms. The average Bonchev–Trinajstić information content (AvgIpc) is 2.37. The molecule has 0 aliphatic heterocycles. The van der Waals surface area contributed by atoms with Gasteiger partial charge < -0.3 is 0 Å². The van der Waals surface area contributed by atoms with Crippen LogP contribution in [0.1, 0.15) is 0 Å². The lowest BCUT2D eigenvalue weighted by Crippen LogP contribution is -1.98. The van der Waals surface area contributed by atoms with Gasteiger partial charge in [-0.25, -0.2) is 8.42 Å². The van der Waals surface area contributed by atoms with Crippen molar-refractivity contribution in [2.45, 2.75) is 9.79 Å². The number of hydrogen-bond donors (Lipinski definition) is 1. The third-order valence-corrected chi connectivity index (χ3v) is 4.73. The van der Waals surface area contributed by atoms with Crippen LogP contribution in [-0.4, -0.2) is 27.6 Å². The topological polar surface area (TPSA) is 88.5 Å². The molecule has 106 valence electrons. The van der Waals surface area contributed by atoms with Crippen molar-refractivity contribution in [3.63, 3.8) is 0 Å². The fourth-order valence-electron chi connectivity index (χ4n) is 1.73. The number of sulfone groups is 1. The Morgan fingerprint density at radius 2 is 1.40 bits per heavy atom. The molecule has 0 aromatic heterocycles. The molecule has 2 aromatic rings. The fourth-order valence-corrected chi connectivity index (χ4v) is 2.89. The molecular weight excluding hydrogens is 300 g/mol. The Labute approximate surface area is 117 Å². The van der Waals surface area contributed by atoms with E-state index in [2.05, 4.69) is 0 Å². The first-order valence-corrected chi connectivity index (χ1v) is 8.89. The van der Waals surface area contributed by atoms with Crippen LogP contribution in [0.5, 0.6) is 0 Å². The monoisotopic (exact) mass is 312 g/mol. The molecule has 0 saturated carbocycles. The van der Waals surface area contributed by atoms with E-state index in [1.165, 1.54) is 30.3 Å². The number of rotatable bonds is 3. The second-order valence-corrected chi connectivity index (χ2v) is 7.74. The Kier molecular flexibility index (Phi) is 3.68. The molecule has 0 aliphatic carbocycles.